The van der Waals surface area contributed by atoms with Crippen LogP contribution in [0.4, 0.5) is 0 Å². The van der Waals surface area contributed by atoms with Crippen molar-refractivity contribution in [3.05, 3.63) is 0 Å². The van der Waals surface area contributed by atoms with Crippen molar-refractivity contribution in [1.82, 2.24) is 4.90 Å². The third kappa shape index (κ3) is 3.13. The van der Waals surface area contributed by atoms with Gasteiger partial charge in [-0.25, -0.2) is 0 Å². The Labute approximate surface area is 95.0 Å². The molecular weight excluding hydrogens is 208 g/mol. The van der Waals surface area contributed by atoms with Crippen molar-refractivity contribution in [2.75, 3.05) is 6.54 Å². The summed E-state index contributed by atoms with van der Waals surface area (Å²) in [6, 6.07) is -0.582. The molecule has 0 aromatic carbocycles. The Balaban J connectivity index is 2.50. The van der Waals surface area contributed by atoms with E-state index < -0.39 is 6.04 Å². The van der Waals surface area contributed by atoms with Gasteiger partial charge < -0.3 is 5.73 Å². The normalized spacial score (nSPS) is 18.4. The molecule has 1 fully saturated rings. The van der Waals surface area contributed by atoms with Gasteiger partial charge in [0.25, 0.3) is 0 Å². The lowest BCUT2D eigenvalue weighted by molar-refractivity contribution is -0.142. The number of nitrogens with two attached hydrogens (primary N) is 1. The molecule has 0 bridgehead atoms. The van der Waals surface area contributed by atoms with Crippen molar-refractivity contribution in [3.8, 4) is 0 Å². The Morgan fingerprint density at radius 1 is 1.31 bits per heavy atom. The van der Waals surface area contributed by atoms with Crippen LogP contribution in [0.25, 0.3) is 0 Å². The molecule has 5 heteroatoms. The lowest BCUT2D eigenvalue weighted by Gasteiger charge is -2.17. The molecule has 1 aliphatic rings. The number of amides is 2. The highest BCUT2D eigenvalue weighted by Crippen LogP contribution is 2.12. The molecule has 5 nitrogen and oxygen atoms in total. The van der Waals surface area contributed by atoms with Gasteiger partial charge in [-0.05, 0) is 12.3 Å². The van der Waals surface area contributed by atoms with Crippen LogP contribution in [0, 0.1) is 5.92 Å². The number of hydrogen-bond acceptors (Lipinski definition) is 4. The highest BCUT2D eigenvalue weighted by Gasteiger charge is 2.31. The minimum absolute atomic E-state index is 0.161. The summed E-state index contributed by atoms with van der Waals surface area (Å²) in [6.45, 7) is 3.78. The number of carbonyl (C=O) groups is 3. The first-order valence-electron chi connectivity index (χ1n) is 5.53. The number of Topliss-reactive ketones (excluding diaryl/α,β-unsaturated/α-hetero) is 1. The largest absolute Gasteiger partial charge is 0.321 e. The minimum atomic E-state index is -0.582. The molecule has 0 aromatic rings. The molecule has 1 unspecified atom stereocenters. The Kier molecular flexibility index (Phi) is 4.18. The summed E-state index contributed by atoms with van der Waals surface area (Å²) in [5, 5.41) is 0. The summed E-state index contributed by atoms with van der Waals surface area (Å²) < 4.78 is 0. The molecule has 1 saturated heterocycles. The summed E-state index contributed by atoms with van der Waals surface area (Å²) >= 11 is 0. The van der Waals surface area contributed by atoms with E-state index in [0.717, 1.165) is 4.90 Å². The van der Waals surface area contributed by atoms with Gasteiger partial charge in [0.1, 0.15) is 0 Å². The molecule has 2 amide bonds. The van der Waals surface area contributed by atoms with Crippen LogP contribution >= 0.6 is 0 Å². The van der Waals surface area contributed by atoms with E-state index in [-0.39, 0.29) is 37.0 Å². The second kappa shape index (κ2) is 5.21. The zero-order valence-corrected chi connectivity index (χ0v) is 9.73. The van der Waals surface area contributed by atoms with Gasteiger partial charge in [0.15, 0.2) is 5.78 Å². The maximum Gasteiger partial charge on any atom is 0.230 e. The van der Waals surface area contributed by atoms with Crippen LogP contribution in [0.5, 0.6) is 0 Å². The van der Waals surface area contributed by atoms with Crippen molar-refractivity contribution in [2.45, 2.75) is 39.2 Å². The average molecular weight is 226 g/mol. The second-order valence-corrected chi connectivity index (χ2v) is 4.58. The zero-order valence-electron chi connectivity index (χ0n) is 9.73. The first-order chi connectivity index (χ1) is 7.41. The Bertz CT molecular complexity index is 296. The van der Waals surface area contributed by atoms with Crippen LogP contribution in [-0.2, 0) is 14.4 Å². The van der Waals surface area contributed by atoms with Gasteiger partial charge in [-0.15, -0.1) is 0 Å². The zero-order chi connectivity index (χ0) is 12.3. The molecule has 1 heterocycles. The smallest absolute Gasteiger partial charge is 0.230 e. The lowest BCUT2D eigenvalue weighted by Crippen LogP contribution is -2.42. The van der Waals surface area contributed by atoms with Gasteiger partial charge in [-0.2, -0.15) is 0 Å². The molecule has 2 N–H and O–H groups in total. The van der Waals surface area contributed by atoms with Crippen molar-refractivity contribution >= 4 is 17.6 Å². The molecule has 0 aromatic heterocycles. The molecule has 1 rings (SSSR count). The van der Waals surface area contributed by atoms with Gasteiger partial charge in [0.2, 0.25) is 11.8 Å². The summed E-state index contributed by atoms with van der Waals surface area (Å²) in [5.74, 6) is -0.452. The number of ketones is 1. The molecule has 0 aliphatic carbocycles. The molecule has 0 radical (unpaired) electrons. The fourth-order valence-corrected chi connectivity index (χ4v) is 1.71. The summed E-state index contributed by atoms with van der Waals surface area (Å²) in [5.41, 5.74) is 5.69. The average Bonchev–Trinajstić information content (AvgIpc) is 2.48. The quantitative estimate of drug-likeness (QED) is 0.673. The van der Waals surface area contributed by atoms with Crippen LogP contribution in [0.1, 0.15) is 33.1 Å². The van der Waals surface area contributed by atoms with Crippen molar-refractivity contribution in [2.24, 2.45) is 11.7 Å². The van der Waals surface area contributed by atoms with Gasteiger partial charge in [0, 0.05) is 12.8 Å². The fourth-order valence-electron chi connectivity index (χ4n) is 1.71. The van der Waals surface area contributed by atoms with Gasteiger partial charge >= 0.3 is 0 Å². The SMILES string of the molecule is CC(C)CC(N)C(=O)CN1C(=O)CCC1=O. The van der Waals surface area contributed by atoms with Crippen molar-refractivity contribution in [1.29, 1.82) is 0 Å². The van der Waals surface area contributed by atoms with E-state index in [1.165, 1.54) is 0 Å². The van der Waals surface area contributed by atoms with E-state index in [1.807, 2.05) is 13.8 Å². The van der Waals surface area contributed by atoms with E-state index in [0.29, 0.717) is 12.3 Å². The number of imide groups is 1. The van der Waals surface area contributed by atoms with Crippen molar-refractivity contribution in [3.63, 3.8) is 0 Å². The van der Waals surface area contributed by atoms with Crippen LogP contribution in [0.3, 0.4) is 0 Å². The first-order valence-corrected chi connectivity index (χ1v) is 5.53. The Morgan fingerprint density at radius 3 is 2.25 bits per heavy atom. The topological polar surface area (TPSA) is 80.5 Å². The number of carbonyl (C=O) groups excluding carboxylic acids is 3. The first kappa shape index (κ1) is 12.8. The molecule has 1 atom stereocenters. The number of likely N-dealkylation sites (tertiary alicyclic amines) is 1. The third-order valence-corrected chi connectivity index (χ3v) is 2.61. The van der Waals surface area contributed by atoms with Gasteiger partial charge in [0.05, 0.1) is 12.6 Å². The second-order valence-electron chi connectivity index (χ2n) is 4.58. The van der Waals surface area contributed by atoms with Crippen LogP contribution < -0.4 is 5.73 Å². The standard InChI is InChI=1S/C11H18N2O3/c1-7(2)5-8(12)9(14)6-13-10(15)3-4-11(13)16/h7-8H,3-6,12H2,1-2H3. The number of rotatable bonds is 5. The van der Waals surface area contributed by atoms with E-state index in [2.05, 4.69) is 0 Å². The van der Waals surface area contributed by atoms with Crippen LogP contribution in [-0.4, -0.2) is 35.1 Å². The van der Waals surface area contributed by atoms with E-state index in [4.69, 9.17) is 5.73 Å². The van der Waals surface area contributed by atoms with Gasteiger partial charge in [-0.3, -0.25) is 19.3 Å². The molecular formula is C11H18N2O3. The molecule has 90 valence electrons. The van der Waals surface area contributed by atoms with Crippen LogP contribution in [0.2, 0.25) is 0 Å². The predicted octanol–water partition coefficient (Wildman–Crippen LogP) is 0.0779. The maximum absolute atomic E-state index is 11.7. The molecule has 16 heavy (non-hydrogen) atoms. The van der Waals surface area contributed by atoms with E-state index in [9.17, 15) is 14.4 Å². The summed E-state index contributed by atoms with van der Waals surface area (Å²) in [4.78, 5) is 35.2. The monoisotopic (exact) mass is 226 g/mol. The molecule has 1 aliphatic heterocycles. The number of nitrogens with zero attached hydrogens (tertiary/aromatic N) is 1. The Hall–Kier alpha value is -1.23. The summed E-state index contributed by atoms with van der Waals surface area (Å²) in [7, 11) is 0. The molecule has 0 saturated carbocycles. The molecule has 0 spiro atoms. The highest BCUT2D eigenvalue weighted by atomic mass is 16.2. The Morgan fingerprint density at radius 2 is 1.81 bits per heavy atom. The van der Waals surface area contributed by atoms with Crippen LogP contribution in [0.15, 0.2) is 0 Å². The maximum atomic E-state index is 11.7. The summed E-state index contributed by atoms with van der Waals surface area (Å²) in [6.07, 6.45) is 1.01. The lowest BCUT2D eigenvalue weighted by atomic mass is 10.0. The predicted molar refractivity (Wildman–Crippen MR) is 58.4 cm³/mol. The van der Waals surface area contributed by atoms with Crippen molar-refractivity contribution < 1.29 is 14.4 Å². The number of hydrogen-bond donors (Lipinski definition) is 1. The van der Waals surface area contributed by atoms with E-state index in [1.54, 1.807) is 0 Å². The van der Waals surface area contributed by atoms with E-state index >= 15 is 0 Å². The third-order valence-electron chi connectivity index (χ3n) is 2.61. The van der Waals surface area contributed by atoms with Gasteiger partial charge in [-0.1, -0.05) is 13.8 Å². The fraction of sp³-hybridized carbons (Fsp3) is 0.727. The highest BCUT2D eigenvalue weighted by molar-refractivity contribution is 6.05. The minimum Gasteiger partial charge on any atom is -0.321 e.